The molecule has 3 heteroatoms. The Hall–Kier alpha value is -3.48. The lowest BCUT2D eigenvalue weighted by atomic mass is 10.0. The van der Waals surface area contributed by atoms with E-state index in [9.17, 15) is 8.78 Å². The van der Waals surface area contributed by atoms with Crippen LogP contribution in [0.25, 0.3) is 21.9 Å². The fraction of sp³-hybridized carbons (Fsp3) is 0.143. The molecule has 4 aromatic rings. The van der Waals surface area contributed by atoms with Crippen LogP contribution in [0, 0.1) is 23.5 Å². The summed E-state index contributed by atoms with van der Waals surface area (Å²) in [6, 6.07) is 24.4. The van der Waals surface area contributed by atoms with Crippen LogP contribution in [-0.2, 0) is 11.2 Å². The number of halogens is 2. The number of rotatable bonds is 5. The van der Waals surface area contributed by atoms with Crippen LogP contribution in [0.15, 0.2) is 78.9 Å². The van der Waals surface area contributed by atoms with Gasteiger partial charge in [-0.25, -0.2) is 8.78 Å². The molecule has 0 aromatic heterocycles. The topological polar surface area (TPSA) is 9.23 Å². The predicted octanol–water partition coefficient (Wildman–Crippen LogP) is 6.76. The maximum absolute atomic E-state index is 13.5. The third-order valence-corrected chi connectivity index (χ3v) is 5.22. The molecular weight excluding hydrogens is 390 g/mol. The number of benzene rings is 4. The first-order valence-corrected chi connectivity index (χ1v) is 10.2. The second-order valence-corrected chi connectivity index (χ2v) is 7.45. The van der Waals surface area contributed by atoms with Crippen LogP contribution < -0.4 is 0 Å². The fourth-order valence-corrected chi connectivity index (χ4v) is 3.49. The van der Waals surface area contributed by atoms with E-state index in [0.29, 0.717) is 10.8 Å². The molecule has 4 aromatic carbocycles. The number of ether oxygens (including phenoxy) is 1. The van der Waals surface area contributed by atoms with E-state index in [2.05, 4.69) is 48.2 Å². The van der Waals surface area contributed by atoms with Crippen molar-refractivity contribution in [1.29, 1.82) is 0 Å². The second kappa shape index (κ2) is 9.55. The predicted molar refractivity (Wildman–Crippen MR) is 122 cm³/mol. The van der Waals surface area contributed by atoms with Crippen LogP contribution in [-0.4, -0.2) is 13.7 Å². The molecule has 0 bridgehead atoms. The van der Waals surface area contributed by atoms with E-state index in [4.69, 9.17) is 4.74 Å². The molecule has 0 unspecified atom stereocenters. The Balaban J connectivity index is 1.47. The zero-order valence-electron chi connectivity index (χ0n) is 17.3. The summed E-state index contributed by atoms with van der Waals surface area (Å²) in [5.74, 6) is 4.55. The first-order chi connectivity index (χ1) is 15.1. The fourth-order valence-electron chi connectivity index (χ4n) is 3.49. The first kappa shape index (κ1) is 20.8. The van der Waals surface area contributed by atoms with E-state index in [1.165, 1.54) is 23.3 Å². The molecule has 1 nitrogen and oxygen atoms in total. The zero-order chi connectivity index (χ0) is 21.6. The molecule has 0 atom stereocenters. The van der Waals surface area contributed by atoms with Gasteiger partial charge in [-0.3, -0.25) is 0 Å². The maximum Gasteiger partial charge on any atom is 0.159 e. The monoisotopic (exact) mass is 412 g/mol. The average Bonchev–Trinajstić information content (AvgIpc) is 2.79. The highest BCUT2D eigenvalue weighted by Gasteiger charge is 2.04. The van der Waals surface area contributed by atoms with Crippen molar-refractivity contribution in [3.63, 3.8) is 0 Å². The molecule has 0 N–H and O–H groups in total. The van der Waals surface area contributed by atoms with Crippen molar-refractivity contribution in [2.24, 2.45) is 0 Å². The van der Waals surface area contributed by atoms with Gasteiger partial charge < -0.3 is 4.74 Å². The van der Waals surface area contributed by atoms with Gasteiger partial charge in [0, 0.05) is 24.8 Å². The van der Waals surface area contributed by atoms with Gasteiger partial charge in [0.15, 0.2) is 11.6 Å². The van der Waals surface area contributed by atoms with Gasteiger partial charge in [-0.15, -0.1) is 0 Å². The van der Waals surface area contributed by atoms with Crippen molar-refractivity contribution in [1.82, 2.24) is 0 Å². The van der Waals surface area contributed by atoms with Gasteiger partial charge in [0.2, 0.25) is 0 Å². The highest BCUT2D eigenvalue weighted by atomic mass is 19.2. The van der Waals surface area contributed by atoms with E-state index in [1.807, 2.05) is 18.2 Å². The van der Waals surface area contributed by atoms with Crippen molar-refractivity contribution < 1.29 is 13.5 Å². The second-order valence-electron chi connectivity index (χ2n) is 7.45. The number of hydrogen-bond acceptors (Lipinski definition) is 1. The summed E-state index contributed by atoms with van der Waals surface area (Å²) >= 11 is 0. The summed E-state index contributed by atoms with van der Waals surface area (Å²) in [4.78, 5) is 0. The van der Waals surface area contributed by atoms with Gasteiger partial charge >= 0.3 is 0 Å². The molecule has 4 rings (SSSR count). The van der Waals surface area contributed by atoms with Crippen LogP contribution in [0.2, 0.25) is 0 Å². The lowest BCUT2D eigenvalue weighted by molar-refractivity contribution is 0.195. The average molecular weight is 412 g/mol. The Morgan fingerprint density at radius 3 is 1.94 bits per heavy atom. The van der Waals surface area contributed by atoms with E-state index in [-0.39, 0.29) is 0 Å². The summed E-state index contributed by atoms with van der Waals surface area (Å²) in [5, 5.41) is 1.28. The van der Waals surface area contributed by atoms with Crippen molar-refractivity contribution in [2.45, 2.75) is 12.8 Å². The quantitative estimate of drug-likeness (QED) is 0.260. The molecule has 0 heterocycles. The zero-order valence-corrected chi connectivity index (χ0v) is 17.3. The number of fused-ring (bicyclic) bond motifs is 1. The van der Waals surface area contributed by atoms with Gasteiger partial charge in [-0.2, -0.15) is 0 Å². The van der Waals surface area contributed by atoms with Crippen molar-refractivity contribution >= 4 is 10.8 Å². The molecule has 0 radical (unpaired) electrons. The van der Waals surface area contributed by atoms with Gasteiger partial charge in [-0.05, 0) is 76.7 Å². The Labute approximate surface area is 181 Å². The molecule has 0 saturated heterocycles. The Morgan fingerprint density at radius 1 is 0.677 bits per heavy atom. The van der Waals surface area contributed by atoms with Gasteiger partial charge in [-0.1, -0.05) is 54.3 Å². The Morgan fingerprint density at radius 2 is 1.26 bits per heavy atom. The minimum Gasteiger partial charge on any atom is -0.385 e. The molecule has 0 saturated carbocycles. The summed E-state index contributed by atoms with van der Waals surface area (Å²) in [7, 11) is 1.72. The van der Waals surface area contributed by atoms with E-state index < -0.39 is 11.6 Å². The lowest BCUT2D eigenvalue weighted by Crippen LogP contribution is -1.92. The number of aryl methyl sites for hydroxylation is 1. The smallest absolute Gasteiger partial charge is 0.159 e. The number of methoxy groups -OCH3 is 1. The molecule has 0 fully saturated rings. The Bertz CT molecular complexity index is 1250. The van der Waals surface area contributed by atoms with Gasteiger partial charge in [0.1, 0.15) is 0 Å². The summed E-state index contributed by atoms with van der Waals surface area (Å²) < 4.78 is 31.9. The number of hydrogen-bond donors (Lipinski definition) is 0. The van der Waals surface area contributed by atoms with Crippen LogP contribution in [0.3, 0.4) is 0 Å². The summed E-state index contributed by atoms with van der Waals surface area (Å²) in [6.07, 6.45) is 2.03. The highest BCUT2D eigenvalue weighted by Crippen LogP contribution is 2.22. The molecular formula is C28H22F2O. The van der Waals surface area contributed by atoms with E-state index in [0.717, 1.165) is 36.1 Å². The van der Waals surface area contributed by atoms with Crippen LogP contribution in [0.4, 0.5) is 8.78 Å². The van der Waals surface area contributed by atoms with Crippen LogP contribution >= 0.6 is 0 Å². The SMILES string of the molecule is COCCCc1ccc(-c2ccc(C#Cc3ccc4cc(F)c(F)cc4c3)cc2)cc1. The molecule has 154 valence electrons. The van der Waals surface area contributed by atoms with Crippen LogP contribution in [0.5, 0.6) is 0 Å². The molecule has 0 spiro atoms. The minimum atomic E-state index is -0.851. The third-order valence-electron chi connectivity index (χ3n) is 5.22. The minimum absolute atomic E-state index is 0.631. The molecule has 0 aliphatic rings. The molecule has 0 aliphatic carbocycles. The first-order valence-electron chi connectivity index (χ1n) is 10.2. The molecule has 0 amide bonds. The van der Waals surface area contributed by atoms with Gasteiger partial charge in [0.25, 0.3) is 0 Å². The highest BCUT2D eigenvalue weighted by molar-refractivity contribution is 5.84. The summed E-state index contributed by atoms with van der Waals surface area (Å²) in [6.45, 7) is 0.777. The van der Waals surface area contributed by atoms with Crippen molar-refractivity contribution in [2.75, 3.05) is 13.7 Å². The van der Waals surface area contributed by atoms with E-state index >= 15 is 0 Å². The molecule has 0 aliphatic heterocycles. The largest absolute Gasteiger partial charge is 0.385 e. The molecule has 31 heavy (non-hydrogen) atoms. The lowest BCUT2D eigenvalue weighted by Gasteiger charge is -2.05. The Kier molecular flexibility index (Phi) is 6.40. The van der Waals surface area contributed by atoms with Crippen LogP contribution in [0.1, 0.15) is 23.1 Å². The standard InChI is InChI=1S/C28H22F2O/c1-31-16-2-3-20-6-11-23(12-7-20)24-13-8-21(9-14-24)4-5-22-10-15-25-18-27(29)28(30)19-26(25)17-22/h6-15,17-19H,2-3,16H2,1H3. The van der Waals surface area contributed by atoms with Crippen molar-refractivity contribution in [3.8, 4) is 23.0 Å². The summed E-state index contributed by atoms with van der Waals surface area (Å²) in [5.41, 5.74) is 5.26. The van der Waals surface area contributed by atoms with Gasteiger partial charge in [0.05, 0.1) is 0 Å². The van der Waals surface area contributed by atoms with Crippen molar-refractivity contribution in [3.05, 3.63) is 107 Å². The van der Waals surface area contributed by atoms with E-state index in [1.54, 1.807) is 19.2 Å². The third kappa shape index (κ3) is 5.17. The normalized spacial score (nSPS) is 10.7. The maximum atomic E-state index is 13.5.